The molecule has 0 aliphatic carbocycles. The predicted molar refractivity (Wildman–Crippen MR) is 99.7 cm³/mol. The average molecular weight is 357 g/mol. The summed E-state index contributed by atoms with van der Waals surface area (Å²) in [6.45, 7) is 18.3. The van der Waals surface area contributed by atoms with Crippen LogP contribution in [0.4, 0.5) is 0 Å². The fourth-order valence-corrected chi connectivity index (χ4v) is 1.71. The van der Waals surface area contributed by atoms with Crippen LogP contribution in [0.15, 0.2) is 24.8 Å². The lowest BCUT2D eigenvalue weighted by molar-refractivity contribution is -0.162. The zero-order valence-corrected chi connectivity index (χ0v) is 16.6. The highest BCUT2D eigenvalue weighted by Gasteiger charge is 2.16. The maximum atomic E-state index is 11.1. The molecule has 2 atom stereocenters. The van der Waals surface area contributed by atoms with Crippen LogP contribution >= 0.6 is 0 Å². The van der Waals surface area contributed by atoms with Crippen LogP contribution in [0.3, 0.4) is 0 Å². The van der Waals surface area contributed by atoms with E-state index in [4.69, 9.17) is 9.84 Å². The molecule has 0 heterocycles. The molecule has 0 aromatic heterocycles. The van der Waals surface area contributed by atoms with Crippen molar-refractivity contribution >= 4 is 11.9 Å². The average Bonchev–Trinajstić information content (AvgIpc) is 2.45. The molecule has 25 heavy (non-hydrogen) atoms. The highest BCUT2D eigenvalue weighted by Crippen LogP contribution is 2.05. The largest absolute Gasteiger partial charge is 0.444 e. The first-order valence-corrected chi connectivity index (χ1v) is 8.58. The summed E-state index contributed by atoms with van der Waals surface area (Å²) in [5.41, 5.74) is 0.358. The number of hydrogen-bond donors (Lipinski definition) is 2. The van der Waals surface area contributed by atoms with Gasteiger partial charge in [0, 0.05) is 23.6 Å². The molecule has 0 spiro atoms. The smallest absolute Gasteiger partial charge is 0.334 e. The number of unbranched alkanes of at least 4 members (excludes halogenated alkanes) is 2. The van der Waals surface area contributed by atoms with E-state index < -0.39 is 12.3 Å². The third kappa shape index (κ3) is 18.5. The normalized spacial score (nSPS) is 12.9. The second-order valence-electron chi connectivity index (χ2n) is 6.81. The van der Waals surface area contributed by atoms with Crippen LogP contribution in [-0.4, -0.2) is 35.1 Å². The molecule has 0 aliphatic rings. The number of carbonyl (C=O) groups is 2. The molecule has 6 heteroatoms. The number of rotatable bonds is 9. The van der Waals surface area contributed by atoms with Crippen molar-refractivity contribution in [2.75, 3.05) is 0 Å². The molecule has 0 aromatic carbocycles. The topological polar surface area (TPSA) is 84.9 Å². The van der Waals surface area contributed by atoms with Crippen molar-refractivity contribution in [3.63, 3.8) is 0 Å². The maximum Gasteiger partial charge on any atom is 0.334 e. The van der Waals surface area contributed by atoms with Crippen molar-refractivity contribution in [2.24, 2.45) is 0 Å². The van der Waals surface area contributed by atoms with Gasteiger partial charge in [-0.2, -0.15) is 0 Å². The zero-order valence-electron chi connectivity index (χ0n) is 16.6. The van der Waals surface area contributed by atoms with Crippen molar-refractivity contribution in [1.82, 2.24) is 5.32 Å². The van der Waals surface area contributed by atoms with Crippen LogP contribution in [0.1, 0.15) is 67.2 Å². The Morgan fingerprint density at radius 1 is 1.24 bits per heavy atom. The van der Waals surface area contributed by atoms with Crippen LogP contribution in [0.2, 0.25) is 0 Å². The summed E-state index contributed by atoms with van der Waals surface area (Å²) < 4.78 is 9.58. The zero-order chi connectivity index (χ0) is 20.0. The van der Waals surface area contributed by atoms with Gasteiger partial charge in [-0.1, -0.05) is 32.9 Å². The minimum Gasteiger partial charge on any atom is -0.444 e. The van der Waals surface area contributed by atoms with Gasteiger partial charge >= 0.3 is 11.9 Å². The molecule has 0 amide bonds. The van der Waals surface area contributed by atoms with Crippen molar-refractivity contribution in [1.29, 1.82) is 0 Å². The summed E-state index contributed by atoms with van der Waals surface area (Å²) in [6, 6.07) is 0. The van der Waals surface area contributed by atoms with Gasteiger partial charge in [0.05, 0.1) is 0 Å². The van der Waals surface area contributed by atoms with Crippen molar-refractivity contribution in [3.05, 3.63) is 24.8 Å². The number of carbonyl (C=O) groups excluding carboxylic acids is 2. The van der Waals surface area contributed by atoms with Crippen molar-refractivity contribution in [3.8, 4) is 0 Å². The van der Waals surface area contributed by atoms with E-state index >= 15 is 0 Å². The Bertz CT molecular complexity index is 426. The molecule has 146 valence electrons. The van der Waals surface area contributed by atoms with E-state index in [2.05, 4.69) is 30.1 Å². The Kier molecular flexibility index (Phi) is 13.9. The van der Waals surface area contributed by atoms with Crippen LogP contribution in [0.5, 0.6) is 0 Å². The first kappa shape index (κ1) is 25.6. The third-order valence-corrected chi connectivity index (χ3v) is 2.74. The second kappa shape index (κ2) is 13.6. The minimum absolute atomic E-state index is 0.0607. The number of aliphatic hydroxyl groups is 1. The molecule has 0 rings (SSSR count). The summed E-state index contributed by atoms with van der Waals surface area (Å²) in [7, 11) is 0. The molecular formula is C19H35NO5. The van der Waals surface area contributed by atoms with Gasteiger partial charge in [0.25, 0.3) is 0 Å². The summed E-state index contributed by atoms with van der Waals surface area (Å²) in [5.74, 6) is -0.928. The van der Waals surface area contributed by atoms with Crippen LogP contribution in [0.25, 0.3) is 0 Å². The Morgan fingerprint density at radius 2 is 1.80 bits per heavy atom. The fraction of sp³-hybridized carbons (Fsp3) is 0.684. The SMILES string of the molecule is C=C(C)C(=O)OC(C)NC(C)(C)C.C=CC(=O)OC(O)CCCCC. The van der Waals surface area contributed by atoms with Crippen molar-refractivity contribution in [2.45, 2.75) is 85.3 Å². The lowest BCUT2D eigenvalue weighted by Gasteiger charge is -2.25. The summed E-state index contributed by atoms with van der Waals surface area (Å²) in [6.07, 6.45) is 3.30. The van der Waals surface area contributed by atoms with E-state index in [1.807, 2.05) is 20.8 Å². The first-order valence-electron chi connectivity index (χ1n) is 8.58. The van der Waals surface area contributed by atoms with Gasteiger partial charge in [-0.15, -0.1) is 0 Å². The molecular weight excluding hydrogens is 322 g/mol. The molecule has 2 N–H and O–H groups in total. The summed E-state index contributed by atoms with van der Waals surface area (Å²) in [5, 5.41) is 12.2. The second-order valence-corrected chi connectivity index (χ2v) is 6.81. The molecule has 6 nitrogen and oxygen atoms in total. The van der Waals surface area contributed by atoms with Crippen LogP contribution < -0.4 is 5.32 Å². The van der Waals surface area contributed by atoms with E-state index in [9.17, 15) is 9.59 Å². The van der Waals surface area contributed by atoms with Gasteiger partial charge in [0.15, 0.2) is 6.23 Å². The Labute approximate surface area is 152 Å². The molecule has 0 aromatic rings. The van der Waals surface area contributed by atoms with Crippen molar-refractivity contribution < 1.29 is 24.2 Å². The molecule has 2 unspecified atom stereocenters. The third-order valence-electron chi connectivity index (χ3n) is 2.74. The summed E-state index contributed by atoms with van der Waals surface area (Å²) in [4.78, 5) is 21.6. The number of aliphatic hydroxyl groups excluding tert-OH is 1. The van der Waals surface area contributed by atoms with Gasteiger partial charge in [-0.25, -0.2) is 9.59 Å². The molecule has 0 saturated heterocycles. The maximum absolute atomic E-state index is 11.1. The predicted octanol–water partition coefficient (Wildman–Crippen LogP) is 3.45. The molecule has 0 bridgehead atoms. The number of ether oxygens (including phenoxy) is 2. The summed E-state index contributed by atoms with van der Waals surface area (Å²) >= 11 is 0. The van der Waals surface area contributed by atoms with Crippen LogP contribution in [-0.2, 0) is 19.1 Å². The number of hydrogen-bond acceptors (Lipinski definition) is 6. The van der Waals surface area contributed by atoms with Gasteiger partial charge < -0.3 is 14.6 Å². The minimum atomic E-state index is -0.970. The quantitative estimate of drug-likeness (QED) is 0.284. The van der Waals surface area contributed by atoms with Gasteiger partial charge in [-0.3, -0.25) is 5.32 Å². The van der Waals surface area contributed by atoms with E-state index in [1.165, 1.54) is 0 Å². The van der Waals surface area contributed by atoms with Gasteiger partial charge in [0.2, 0.25) is 6.29 Å². The fourth-order valence-electron chi connectivity index (χ4n) is 1.71. The highest BCUT2D eigenvalue weighted by molar-refractivity contribution is 5.87. The monoisotopic (exact) mass is 357 g/mol. The highest BCUT2D eigenvalue weighted by atomic mass is 16.6. The lowest BCUT2D eigenvalue weighted by Crippen LogP contribution is -2.44. The number of esters is 2. The van der Waals surface area contributed by atoms with E-state index in [0.29, 0.717) is 12.0 Å². The Morgan fingerprint density at radius 3 is 2.20 bits per heavy atom. The van der Waals surface area contributed by atoms with Gasteiger partial charge in [-0.05, 0) is 41.0 Å². The molecule has 0 saturated carbocycles. The Balaban J connectivity index is 0. The van der Waals surface area contributed by atoms with E-state index in [0.717, 1.165) is 25.3 Å². The van der Waals surface area contributed by atoms with E-state index in [-0.39, 0.29) is 17.7 Å². The molecule has 0 fully saturated rings. The standard InChI is InChI=1S/C10H19NO2.C9H16O3/c1-7(2)9(12)13-8(3)11-10(4,5)6;1-3-5-6-7-9(11)12-8(10)4-2/h8,11H,1H2,2-6H3;4,9,11H,2-3,5-7H2,1H3. The number of nitrogens with one attached hydrogen (secondary N) is 1. The first-order chi connectivity index (χ1) is 11.4. The molecule has 0 radical (unpaired) electrons. The molecule has 0 aliphatic heterocycles. The Hall–Kier alpha value is -1.66. The van der Waals surface area contributed by atoms with Gasteiger partial charge in [0.1, 0.15) is 0 Å². The van der Waals surface area contributed by atoms with Crippen LogP contribution in [0, 0.1) is 0 Å². The van der Waals surface area contributed by atoms with E-state index in [1.54, 1.807) is 13.8 Å². The lowest BCUT2D eigenvalue weighted by atomic mass is 10.1.